The number of hydrogen-bond acceptors (Lipinski definition) is 4. The molecule has 1 N–H and O–H groups in total. The number of nitrogens with zero attached hydrogens (tertiary/aromatic N) is 3. The van der Waals surface area contributed by atoms with Gasteiger partial charge in [0.2, 0.25) is 5.91 Å². The number of nitrogens with one attached hydrogen (secondary N) is 1. The van der Waals surface area contributed by atoms with Crippen LogP contribution in [0.15, 0.2) is 54.7 Å². The molecule has 0 radical (unpaired) electrons. The van der Waals surface area contributed by atoms with Crippen LogP contribution in [0.3, 0.4) is 0 Å². The molecule has 0 unspecified atom stereocenters. The fraction of sp³-hybridized carbons (Fsp3) is 0.393. The largest absolute Gasteiger partial charge is 0.489 e. The normalized spacial score (nSPS) is 16.4. The van der Waals surface area contributed by atoms with Crippen molar-refractivity contribution in [1.29, 1.82) is 0 Å². The molecule has 5 rings (SSSR count). The highest BCUT2D eigenvalue weighted by Crippen LogP contribution is 2.32. The Morgan fingerprint density at radius 1 is 1.08 bits per heavy atom. The Bertz CT molecular complexity index is 1230. The van der Waals surface area contributed by atoms with Crippen LogP contribution in [0.5, 0.6) is 5.75 Å². The fourth-order valence-electron chi connectivity index (χ4n) is 4.86. The molecule has 1 aliphatic carbocycles. The van der Waals surface area contributed by atoms with Gasteiger partial charge in [-0.1, -0.05) is 48.4 Å². The van der Waals surface area contributed by atoms with Crippen molar-refractivity contribution in [3.05, 3.63) is 76.6 Å². The van der Waals surface area contributed by atoms with Gasteiger partial charge >= 0.3 is 0 Å². The number of piperidine rings is 1. The Kier molecular flexibility index (Phi) is 7.28. The van der Waals surface area contributed by atoms with Crippen LogP contribution in [-0.4, -0.2) is 39.6 Å². The smallest absolute Gasteiger partial charge is 0.275 e. The maximum atomic E-state index is 13.3. The Morgan fingerprint density at radius 2 is 1.83 bits per heavy atom. The summed E-state index contributed by atoms with van der Waals surface area (Å²) in [6.45, 7) is 3.77. The maximum absolute atomic E-state index is 13.3. The molecular weight excluding hydrogens is 476 g/mol. The van der Waals surface area contributed by atoms with Crippen LogP contribution in [-0.2, 0) is 11.4 Å². The monoisotopic (exact) mass is 506 g/mol. The molecule has 1 saturated carbocycles. The number of rotatable bonds is 7. The van der Waals surface area contributed by atoms with Crippen LogP contribution in [0.4, 0.5) is 5.69 Å². The molecule has 2 amide bonds. The first kappa shape index (κ1) is 24.4. The highest BCUT2D eigenvalue weighted by Gasteiger charge is 2.33. The third-order valence-corrected chi connectivity index (χ3v) is 7.51. The fourth-order valence-corrected chi connectivity index (χ4v) is 5.08. The summed E-state index contributed by atoms with van der Waals surface area (Å²) in [5.74, 6) is 0.926. The van der Waals surface area contributed by atoms with Crippen LogP contribution < -0.4 is 10.1 Å². The molecule has 0 spiro atoms. The predicted octanol–water partition coefficient (Wildman–Crippen LogP) is 5.64. The number of ether oxygens (including phenoxy) is 1. The van der Waals surface area contributed by atoms with Crippen LogP contribution in [0, 0.1) is 12.8 Å². The molecule has 2 fully saturated rings. The topological polar surface area (TPSA) is 76.5 Å². The summed E-state index contributed by atoms with van der Waals surface area (Å²) in [5, 5.41) is 7.73. The quantitative estimate of drug-likeness (QED) is 0.450. The van der Waals surface area contributed by atoms with Gasteiger partial charge in [-0.15, -0.1) is 0 Å². The van der Waals surface area contributed by atoms with Crippen LogP contribution in [0.1, 0.15) is 59.8 Å². The van der Waals surface area contributed by atoms with Gasteiger partial charge in [0.25, 0.3) is 5.91 Å². The van der Waals surface area contributed by atoms with Crippen molar-refractivity contribution in [2.45, 2.75) is 51.7 Å². The van der Waals surface area contributed by atoms with Gasteiger partial charge in [-0.2, -0.15) is 5.10 Å². The lowest BCUT2D eigenvalue weighted by Crippen LogP contribution is -2.44. The first-order valence-corrected chi connectivity index (χ1v) is 13.0. The van der Waals surface area contributed by atoms with E-state index in [0.717, 1.165) is 49.0 Å². The minimum atomic E-state index is -0.300. The van der Waals surface area contributed by atoms with Crippen molar-refractivity contribution in [1.82, 2.24) is 14.7 Å². The molecule has 3 aromatic rings. The van der Waals surface area contributed by atoms with Gasteiger partial charge in [-0.25, -0.2) is 0 Å². The number of carbonyl (C=O) groups is 2. The SMILES string of the molecule is Cc1cc(OCc2ccccc2)ccc1NC(=O)c1c(Cl)cnn1C1CCN(C(=O)C2CCC2)CC1. The highest BCUT2D eigenvalue weighted by molar-refractivity contribution is 6.34. The lowest BCUT2D eigenvalue weighted by atomic mass is 9.84. The Labute approximate surface area is 216 Å². The van der Waals surface area contributed by atoms with Crippen molar-refractivity contribution >= 4 is 29.1 Å². The van der Waals surface area contributed by atoms with Crippen molar-refractivity contribution in [3.63, 3.8) is 0 Å². The number of halogens is 1. The van der Waals surface area contributed by atoms with E-state index < -0.39 is 0 Å². The van der Waals surface area contributed by atoms with Crippen LogP contribution >= 0.6 is 11.6 Å². The molecule has 8 heteroatoms. The zero-order valence-electron chi connectivity index (χ0n) is 20.5. The number of benzene rings is 2. The van der Waals surface area contributed by atoms with Crippen molar-refractivity contribution in [2.75, 3.05) is 18.4 Å². The molecular formula is C28H31ClN4O3. The summed E-state index contributed by atoms with van der Waals surface area (Å²) in [6, 6.07) is 15.6. The van der Waals surface area contributed by atoms with Crippen molar-refractivity contribution < 1.29 is 14.3 Å². The summed E-state index contributed by atoms with van der Waals surface area (Å²) >= 11 is 6.41. The molecule has 1 saturated heterocycles. The number of aromatic nitrogens is 2. The molecule has 2 aromatic carbocycles. The van der Waals surface area contributed by atoms with Crippen molar-refractivity contribution in [2.24, 2.45) is 5.92 Å². The van der Waals surface area contributed by atoms with Crippen molar-refractivity contribution in [3.8, 4) is 5.75 Å². The van der Waals surface area contributed by atoms with Gasteiger partial charge in [-0.05, 0) is 61.9 Å². The summed E-state index contributed by atoms with van der Waals surface area (Å²) in [7, 11) is 0. The zero-order chi connectivity index (χ0) is 25.1. The lowest BCUT2D eigenvalue weighted by Gasteiger charge is -2.36. The van der Waals surface area contributed by atoms with E-state index in [0.29, 0.717) is 36.1 Å². The Hall–Kier alpha value is -3.32. The van der Waals surface area contributed by atoms with E-state index in [2.05, 4.69) is 10.4 Å². The maximum Gasteiger partial charge on any atom is 0.275 e. The standard InChI is InChI=1S/C28H31ClN4O3/c1-19-16-23(36-18-20-6-3-2-4-7-20)10-11-25(19)31-27(34)26-24(29)17-30-33(26)22-12-14-32(15-13-22)28(35)21-8-5-9-21/h2-4,6-7,10-11,16-17,21-22H,5,8-9,12-15,18H2,1H3,(H,31,34). The summed E-state index contributed by atoms with van der Waals surface area (Å²) < 4.78 is 7.63. The number of anilines is 1. The summed E-state index contributed by atoms with van der Waals surface area (Å²) in [6.07, 6.45) is 6.21. The predicted molar refractivity (Wildman–Crippen MR) is 139 cm³/mol. The lowest BCUT2D eigenvalue weighted by molar-refractivity contribution is -0.139. The molecule has 7 nitrogen and oxygen atoms in total. The van der Waals surface area contributed by atoms with Gasteiger partial charge in [0.15, 0.2) is 0 Å². The van der Waals surface area contributed by atoms with E-state index in [-0.39, 0.29) is 23.8 Å². The van der Waals surface area contributed by atoms with Gasteiger partial charge < -0.3 is 15.0 Å². The average molecular weight is 507 g/mol. The first-order chi connectivity index (χ1) is 17.5. The van der Waals surface area contributed by atoms with Crippen LogP contribution in [0.2, 0.25) is 5.02 Å². The number of aryl methyl sites for hydroxylation is 1. The second-order valence-electron chi connectivity index (χ2n) is 9.68. The van der Waals surface area contributed by atoms with Gasteiger partial charge in [0.05, 0.1) is 17.3 Å². The first-order valence-electron chi connectivity index (χ1n) is 12.6. The van der Waals surface area contributed by atoms with Gasteiger partial charge in [-0.3, -0.25) is 14.3 Å². The molecule has 2 aliphatic rings. The van der Waals surface area contributed by atoms with E-state index in [9.17, 15) is 9.59 Å². The summed E-state index contributed by atoms with van der Waals surface area (Å²) in [4.78, 5) is 27.8. The second kappa shape index (κ2) is 10.7. The number of hydrogen-bond donors (Lipinski definition) is 1. The molecule has 188 valence electrons. The molecule has 36 heavy (non-hydrogen) atoms. The number of amides is 2. The Balaban J connectivity index is 1.22. The molecule has 1 aromatic heterocycles. The highest BCUT2D eigenvalue weighted by atomic mass is 35.5. The second-order valence-corrected chi connectivity index (χ2v) is 10.1. The van der Waals surface area contributed by atoms with E-state index in [4.69, 9.17) is 16.3 Å². The van der Waals surface area contributed by atoms with Gasteiger partial charge in [0.1, 0.15) is 18.1 Å². The van der Waals surface area contributed by atoms with E-state index in [1.165, 1.54) is 6.20 Å². The van der Waals surface area contributed by atoms with Gasteiger partial charge in [0, 0.05) is 24.7 Å². The number of carbonyl (C=O) groups excluding carboxylic acids is 2. The minimum Gasteiger partial charge on any atom is -0.489 e. The molecule has 2 heterocycles. The summed E-state index contributed by atoms with van der Waals surface area (Å²) in [5.41, 5.74) is 3.02. The molecule has 0 atom stereocenters. The van der Waals surface area contributed by atoms with E-state index in [1.807, 2.05) is 60.4 Å². The minimum absolute atomic E-state index is 0.0264. The molecule has 0 bridgehead atoms. The van der Waals surface area contributed by atoms with E-state index >= 15 is 0 Å². The molecule has 1 aliphatic heterocycles. The van der Waals surface area contributed by atoms with Crippen LogP contribution in [0.25, 0.3) is 0 Å². The number of likely N-dealkylation sites (tertiary alicyclic amines) is 1. The zero-order valence-corrected chi connectivity index (χ0v) is 21.2. The Morgan fingerprint density at radius 3 is 2.50 bits per heavy atom. The third-order valence-electron chi connectivity index (χ3n) is 7.24. The van der Waals surface area contributed by atoms with E-state index in [1.54, 1.807) is 4.68 Å². The third kappa shape index (κ3) is 5.26. The average Bonchev–Trinajstić information content (AvgIpc) is 3.25.